The van der Waals surface area contributed by atoms with Crippen molar-refractivity contribution in [2.24, 2.45) is 0 Å². The Kier molecular flexibility index (Phi) is 6.09. The van der Waals surface area contributed by atoms with Crippen LogP contribution in [0.25, 0.3) is 22.3 Å². The van der Waals surface area contributed by atoms with Crippen LogP contribution in [-0.4, -0.2) is 35.6 Å². The minimum absolute atomic E-state index is 0.318. The van der Waals surface area contributed by atoms with Crippen molar-refractivity contribution in [3.8, 4) is 22.8 Å². The molecule has 0 spiro atoms. The molecule has 2 aromatic carbocycles. The van der Waals surface area contributed by atoms with Gasteiger partial charge >= 0.3 is 0 Å². The number of carbonyl (C=O) groups is 2. The van der Waals surface area contributed by atoms with Gasteiger partial charge in [-0.1, -0.05) is 18.7 Å². The van der Waals surface area contributed by atoms with Crippen molar-refractivity contribution in [1.82, 2.24) is 9.55 Å². The molecule has 0 aliphatic carbocycles. The van der Waals surface area contributed by atoms with Crippen LogP contribution in [0.3, 0.4) is 0 Å². The summed E-state index contributed by atoms with van der Waals surface area (Å²) in [5.74, 6) is -4.18. The number of rotatable bonds is 6. The monoisotopic (exact) mass is 463 g/mol. The molecule has 0 saturated carbocycles. The number of amides is 1. The zero-order chi connectivity index (χ0) is 24.4. The van der Waals surface area contributed by atoms with Gasteiger partial charge < -0.3 is 14.8 Å². The standard InChI is InChI=1S/C25H19F2N3O4/c1-4-21(31)28-15-7-5-6-14(12-15)16-8-9-18-17(29-16)10-11-30(18)25(32)22-23(26)19(33-2)13-20(34-3)24(22)27/h4-13H,1H2,2-3H3,(H,28,31). The van der Waals surface area contributed by atoms with E-state index in [9.17, 15) is 18.4 Å². The molecule has 0 aliphatic heterocycles. The van der Waals surface area contributed by atoms with E-state index in [1.54, 1.807) is 36.4 Å². The normalized spacial score (nSPS) is 10.7. The number of fused-ring (bicyclic) bond motifs is 1. The lowest BCUT2D eigenvalue weighted by molar-refractivity contribution is -0.111. The van der Waals surface area contributed by atoms with E-state index < -0.39 is 23.1 Å². The number of pyridine rings is 1. The van der Waals surface area contributed by atoms with E-state index in [0.717, 1.165) is 16.2 Å². The van der Waals surface area contributed by atoms with Gasteiger partial charge in [-0.3, -0.25) is 14.2 Å². The highest BCUT2D eigenvalue weighted by Gasteiger charge is 2.27. The fourth-order valence-corrected chi connectivity index (χ4v) is 3.50. The largest absolute Gasteiger partial charge is 0.494 e. The van der Waals surface area contributed by atoms with E-state index in [2.05, 4.69) is 16.9 Å². The Morgan fingerprint density at radius 3 is 2.38 bits per heavy atom. The third-order valence-corrected chi connectivity index (χ3v) is 5.16. The van der Waals surface area contributed by atoms with Crippen molar-refractivity contribution in [1.29, 1.82) is 0 Å². The SMILES string of the molecule is C=CC(=O)Nc1cccc(-c2ccc3c(ccn3C(=O)c3c(F)c(OC)cc(OC)c3F)n2)c1. The molecule has 0 unspecified atom stereocenters. The van der Waals surface area contributed by atoms with Gasteiger partial charge in [0.25, 0.3) is 5.91 Å². The van der Waals surface area contributed by atoms with Gasteiger partial charge in [-0.25, -0.2) is 13.8 Å². The van der Waals surface area contributed by atoms with Gasteiger partial charge in [0.05, 0.1) is 30.9 Å². The first-order chi connectivity index (χ1) is 16.4. The highest BCUT2D eigenvalue weighted by atomic mass is 19.1. The van der Waals surface area contributed by atoms with E-state index >= 15 is 0 Å². The Morgan fingerprint density at radius 2 is 1.74 bits per heavy atom. The molecule has 2 heterocycles. The van der Waals surface area contributed by atoms with Gasteiger partial charge in [-0.05, 0) is 36.4 Å². The lowest BCUT2D eigenvalue weighted by Crippen LogP contribution is -2.16. The first kappa shape index (κ1) is 22.7. The fraction of sp³-hybridized carbons (Fsp3) is 0.0800. The number of anilines is 1. The number of halogens is 2. The maximum atomic E-state index is 14.8. The summed E-state index contributed by atoms with van der Waals surface area (Å²) in [7, 11) is 2.41. The van der Waals surface area contributed by atoms with Crippen LogP contribution < -0.4 is 14.8 Å². The van der Waals surface area contributed by atoms with Crippen molar-refractivity contribution in [2.45, 2.75) is 0 Å². The summed E-state index contributed by atoms with van der Waals surface area (Å²) in [6.45, 7) is 3.42. The second-order valence-electron chi connectivity index (χ2n) is 7.15. The summed E-state index contributed by atoms with van der Waals surface area (Å²) >= 11 is 0. The van der Waals surface area contributed by atoms with Gasteiger partial charge in [0.15, 0.2) is 23.1 Å². The Labute approximate surface area is 193 Å². The van der Waals surface area contributed by atoms with Crippen LogP contribution in [0.2, 0.25) is 0 Å². The number of nitrogens with one attached hydrogen (secondary N) is 1. The molecule has 0 aliphatic rings. The van der Waals surface area contributed by atoms with Crippen molar-refractivity contribution >= 4 is 28.5 Å². The van der Waals surface area contributed by atoms with E-state index in [4.69, 9.17) is 9.47 Å². The maximum absolute atomic E-state index is 14.8. The number of aromatic nitrogens is 2. The molecular weight excluding hydrogens is 444 g/mol. The number of nitrogens with zero attached hydrogens (tertiary/aromatic N) is 2. The molecule has 172 valence electrons. The number of methoxy groups -OCH3 is 2. The number of hydrogen-bond acceptors (Lipinski definition) is 5. The Balaban J connectivity index is 1.75. The molecule has 0 bridgehead atoms. The minimum atomic E-state index is -1.13. The van der Waals surface area contributed by atoms with Gasteiger partial charge in [0.1, 0.15) is 5.56 Å². The quantitative estimate of drug-likeness (QED) is 0.415. The maximum Gasteiger partial charge on any atom is 0.268 e. The van der Waals surface area contributed by atoms with Crippen LogP contribution in [0, 0.1) is 11.6 Å². The predicted octanol–water partition coefficient (Wildman–Crippen LogP) is 4.81. The van der Waals surface area contributed by atoms with Gasteiger partial charge in [0.2, 0.25) is 5.91 Å². The molecule has 34 heavy (non-hydrogen) atoms. The average molecular weight is 463 g/mol. The smallest absolute Gasteiger partial charge is 0.268 e. The van der Waals surface area contributed by atoms with Crippen molar-refractivity contribution in [2.75, 3.05) is 19.5 Å². The van der Waals surface area contributed by atoms with Gasteiger partial charge in [-0.15, -0.1) is 0 Å². The summed E-state index contributed by atoms with van der Waals surface area (Å²) in [6, 6.07) is 12.9. The number of benzene rings is 2. The third kappa shape index (κ3) is 3.99. The van der Waals surface area contributed by atoms with E-state index in [0.29, 0.717) is 22.4 Å². The second-order valence-corrected chi connectivity index (χ2v) is 7.15. The fourth-order valence-electron chi connectivity index (χ4n) is 3.50. The highest BCUT2D eigenvalue weighted by Crippen LogP contribution is 2.33. The molecule has 0 radical (unpaired) electrons. The van der Waals surface area contributed by atoms with E-state index in [1.165, 1.54) is 26.5 Å². The first-order valence-corrected chi connectivity index (χ1v) is 10.0. The molecule has 1 amide bonds. The van der Waals surface area contributed by atoms with Crippen LogP contribution in [0.1, 0.15) is 10.4 Å². The third-order valence-electron chi connectivity index (χ3n) is 5.16. The Morgan fingerprint density at radius 1 is 1.03 bits per heavy atom. The molecule has 2 aromatic heterocycles. The lowest BCUT2D eigenvalue weighted by atomic mass is 10.1. The summed E-state index contributed by atoms with van der Waals surface area (Å²) in [5.41, 5.74) is 1.84. The van der Waals surface area contributed by atoms with Crippen molar-refractivity contribution in [3.63, 3.8) is 0 Å². The molecule has 9 heteroatoms. The van der Waals surface area contributed by atoms with Gasteiger partial charge in [0, 0.05) is 23.5 Å². The molecular formula is C25H19F2N3O4. The zero-order valence-electron chi connectivity index (χ0n) is 18.3. The Hall–Kier alpha value is -4.53. The number of hydrogen-bond donors (Lipinski definition) is 1. The molecule has 0 saturated heterocycles. The summed E-state index contributed by atoms with van der Waals surface area (Å²) < 4.78 is 40.6. The van der Waals surface area contributed by atoms with Crippen LogP contribution in [0.4, 0.5) is 14.5 Å². The predicted molar refractivity (Wildman–Crippen MR) is 123 cm³/mol. The molecule has 0 atom stereocenters. The number of carbonyl (C=O) groups excluding carboxylic acids is 2. The van der Waals surface area contributed by atoms with Crippen molar-refractivity contribution in [3.05, 3.63) is 84.6 Å². The molecule has 4 aromatic rings. The van der Waals surface area contributed by atoms with Crippen LogP contribution in [0.5, 0.6) is 11.5 Å². The summed E-state index contributed by atoms with van der Waals surface area (Å²) in [4.78, 5) is 29.2. The molecule has 1 N–H and O–H groups in total. The van der Waals surface area contributed by atoms with Crippen LogP contribution >= 0.6 is 0 Å². The summed E-state index contributed by atoms with van der Waals surface area (Å²) in [5, 5.41) is 2.68. The average Bonchev–Trinajstić information content (AvgIpc) is 3.27. The molecule has 4 rings (SSSR count). The Bertz CT molecular complexity index is 1420. The van der Waals surface area contributed by atoms with Crippen LogP contribution in [0.15, 0.2) is 67.4 Å². The summed E-state index contributed by atoms with van der Waals surface area (Å²) in [6.07, 6.45) is 2.55. The zero-order valence-corrected chi connectivity index (χ0v) is 18.3. The topological polar surface area (TPSA) is 82.5 Å². The number of ether oxygens (including phenoxy) is 2. The van der Waals surface area contributed by atoms with E-state index in [1.807, 2.05) is 6.07 Å². The van der Waals surface area contributed by atoms with Crippen LogP contribution in [-0.2, 0) is 4.79 Å². The first-order valence-electron chi connectivity index (χ1n) is 10.0. The molecule has 0 fully saturated rings. The highest BCUT2D eigenvalue weighted by molar-refractivity contribution is 6.03. The second kappa shape index (κ2) is 9.14. The molecule has 7 nitrogen and oxygen atoms in total. The lowest BCUT2D eigenvalue weighted by Gasteiger charge is -2.12. The van der Waals surface area contributed by atoms with E-state index in [-0.39, 0.29) is 17.4 Å². The van der Waals surface area contributed by atoms with Gasteiger partial charge in [-0.2, -0.15) is 0 Å². The minimum Gasteiger partial charge on any atom is -0.494 e. The van der Waals surface area contributed by atoms with Crippen molar-refractivity contribution < 1.29 is 27.8 Å².